The third-order valence-electron chi connectivity index (χ3n) is 4.47. The molecule has 1 unspecified atom stereocenters. The molecule has 22 heavy (non-hydrogen) atoms. The molecule has 0 aliphatic carbocycles. The number of hydrogen-bond acceptors (Lipinski definition) is 2. The summed E-state index contributed by atoms with van der Waals surface area (Å²) >= 11 is 0. The fourth-order valence-electron chi connectivity index (χ4n) is 3.07. The number of halogens is 1. The lowest BCUT2D eigenvalue weighted by atomic mass is 9.83. The number of nitrogens with one attached hydrogen (secondary N) is 1. The van der Waals surface area contributed by atoms with Gasteiger partial charge in [0.2, 0.25) is 5.91 Å². The molecule has 1 heterocycles. The van der Waals surface area contributed by atoms with Crippen LogP contribution in [-0.2, 0) is 10.2 Å². The molecule has 1 fully saturated rings. The van der Waals surface area contributed by atoms with Crippen LogP contribution < -0.4 is 5.32 Å². The summed E-state index contributed by atoms with van der Waals surface area (Å²) in [4.78, 5) is 14.2. The van der Waals surface area contributed by atoms with Gasteiger partial charge in [-0.1, -0.05) is 43.7 Å². The Bertz CT molecular complexity index is 478. The summed E-state index contributed by atoms with van der Waals surface area (Å²) in [6, 6.07) is 9.00. The van der Waals surface area contributed by atoms with E-state index in [1.807, 2.05) is 11.9 Å². The van der Waals surface area contributed by atoms with Gasteiger partial charge in [-0.05, 0) is 31.9 Å². The number of carbonyl (C=O) groups is 1. The number of aryl methyl sites for hydroxylation is 1. The summed E-state index contributed by atoms with van der Waals surface area (Å²) in [5, 5.41) is 3.40. The highest BCUT2D eigenvalue weighted by molar-refractivity contribution is 5.85. The van der Waals surface area contributed by atoms with E-state index in [0.717, 1.165) is 19.5 Å². The topological polar surface area (TPSA) is 32.3 Å². The third-order valence-corrected chi connectivity index (χ3v) is 4.47. The molecule has 1 aromatic rings. The van der Waals surface area contributed by atoms with Gasteiger partial charge in [0.25, 0.3) is 0 Å². The van der Waals surface area contributed by atoms with Crippen molar-refractivity contribution in [2.75, 3.05) is 20.1 Å². The smallest absolute Gasteiger partial charge is 0.223 e. The highest BCUT2D eigenvalue weighted by atomic mass is 35.5. The van der Waals surface area contributed by atoms with E-state index in [2.05, 4.69) is 50.4 Å². The SMILES string of the molecule is Cc1ccc(C(C)(C)CN(C)C(=O)CC2CCCN2)cc1.Cl. The molecule has 4 heteroatoms. The maximum Gasteiger partial charge on any atom is 0.223 e. The Morgan fingerprint density at radius 3 is 2.50 bits per heavy atom. The first-order valence-electron chi connectivity index (χ1n) is 7.93. The first-order valence-corrected chi connectivity index (χ1v) is 7.93. The number of benzene rings is 1. The maximum absolute atomic E-state index is 12.3. The fourth-order valence-corrected chi connectivity index (χ4v) is 3.07. The number of nitrogens with zero attached hydrogens (tertiary/aromatic N) is 1. The third kappa shape index (κ3) is 4.99. The van der Waals surface area contributed by atoms with E-state index in [-0.39, 0.29) is 23.7 Å². The molecule has 0 aromatic heterocycles. The highest BCUT2D eigenvalue weighted by Gasteiger charge is 2.26. The zero-order valence-electron chi connectivity index (χ0n) is 14.2. The number of carbonyl (C=O) groups excluding carboxylic acids is 1. The molecule has 1 aliphatic heterocycles. The molecular formula is C18H29ClN2O. The van der Waals surface area contributed by atoms with Crippen molar-refractivity contribution in [3.8, 4) is 0 Å². The second-order valence-corrected chi connectivity index (χ2v) is 7.00. The molecule has 124 valence electrons. The highest BCUT2D eigenvalue weighted by Crippen LogP contribution is 2.25. The molecule has 2 rings (SSSR count). The van der Waals surface area contributed by atoms with E-state index in [9.17, 15) is 4.79 Å². The predicted molar refractivity (Wildman–Crippen MR) is 94.7 cm³/mol. The summed E-state index contributed by atoms with van der Waals surface area (Å²) in [7, 11) is 1.92. The van der Waals surface area contributed by atoms with Gasteiger partial charge in [-0.2, -0.15) is 0 Å². The first-order chi connectivity index (χ1) is 9.88. The Morgan fingerprint density at radius 1 is 1.32 bits per heavy atom. The lowest BCUT2D eigenvalue weighted by Crippen LogP contribution is -2.40. The summed E-state index contributed by atoms with van der Waals surface area (Å²) in [6.45, 7) is 8.31. The van der Waals surface area contributed by atoms with Crippen molar-refractivity contribution in [1.29, 1.82) is 0 Å². The lowest BCUT2D eigenvalue weighted by Gasteiger charge is -2.31. The standard InChI is InChI=1S/C18H28N2O.ClH/c1-14-7-9-15(10-8-14)18(2,3)13-20(4)17(21)12-16-6-5-11-19-16;/h7-10,16,19H,5-6,11-13H2,1-4H3;1H. The van der Waals surface area contributed by atoms with E-state index in [4.69, 9.17) is 0 Å². The monoisotopic (exact) mass is 324 g/mol. The minimum absolute atomic E-state index is 0. The number of amides is 1. The van der Waals surface area contributed by atoms with Crippen molar-refractivity contribution >= 4 is 18.3 Å². The van der Waals surface area contributed by atoms with Crippen LogP contribution in [0.2, 0.25) is 0 Å². The molecule has 0 bridgehead atoms. The molecule has 1 N–H and O–H groups in total. The van der Waals surface area contributed by atoms with Gasteiger partial charge in [0.15, 0.2) is 0 Å². The summed E-state index contributed by atoms with van der Waals surface area (Å²) < 4.78 is 0. The summed E-state index contributed by atoms with van der Waals surface area (Å²) in [6.07, 6.45) is 2.94. The molecule has 1 saturated heterocycles. The Balaban J connectivity index is 0.00000242. The van der Waals surface area contributed by atoms with E-state index in [1.165, 1.54) is 17.5 Å². The van der Waals surface area contributed by atoms with Crippen molar-refractivity contribution < 1.29 is 4.79 Å². The van der Waals surface area contributed by atoms with E-state index < -0.39 is 0 Å². The van der Waals surface area contributed by atoms with Crippen molar-refractivity contribution in [1.82, 2.24) is 10.2 Å². The molecule has 1 aromatic carbocycles. The Hall–Kier alpha value is -1.06. The van der Waals surface area contributed by atoms with Gasteiger partial charge in [0.05, 0.1) is 0 Å². The van der Waals surface area contributed by atoms with Crippen LogP contribution in [0.5, 0.6) is 0 Å². The largest absolute Gasteiger partial charge is 0.345 e. The average molecular weight is 325 g/mol. The zero-order chi connectivity index (χ0) is 15.5. The fraction of sp³-hybridized carbons (Fsp3) is 0.611. The van der Waals surface area contributed by atoms with Gasteiger partial charge in [-0.15, -0.1) is 12.4 Å². The molecule has 0 saturated carbocycles. The normalized spacial score (nSPS) is 17.9. The van der Waals surface area contributed by atoms with E-state index >= 15 is 0 Å². The Labute approximate surface area is 140 Å². The Morgan fingerprint density at radius 2 is 1.95 bits per heavy atom. The van der Waals surface area contributed by atoms with Crippen molar-refractivity contribution in [2.45, 2.75) is 51.5 Å². The quantitative estimate of drug-likeness (QED) is 0.901. The van der Waals surface area contributed by atoms with Crippen LogP contribution in [0, 0.1) is 6.92 Å². The molecule has 3 nitrogen and oxygen atoms in total. The van der Waals surface area contributed by atoms with Crippen LogP contribution in [0.15, 0.2) is 24.3 Å². The second-order valence-electron chi connectivity index (χ2n) is 7.00. The van der Waals surface area contributed by atoms with Gasteiger partial charge in [0.1, 0.15) is 0 Å². The molecule has 0 radical (unpaired) electrons. The minimum Gasteiger partial charge on any atom is -0.345 e. The van der Waals surface area contributed by atoms with Crippen LogP contribution in [-0.4, -0.2) is 37.0 Å². The Kier molecular flexibility index (Phi) is 6.89. The van der Waals surface area contributed by atoms with Gasteiger partial charge in [-0.3, -0.25) is 4.79 Å². The molecular weight excluding hydrogens is 296 g/mol. The zero-order valence-corrected chi connectivity index (χ0v) is 15.0. The maximum atomic E-state index is 12.3. The average Bonchev–Trinajstić information content (AvgIpc) is 2.91. The first kappa shape index (κ1) is 19.0. The lowest BCUT2D eigenvalue weighted by molar-refractivity contribution is -0.131. The van der Waals surface area contributed by atoms with Gasteiger partial charge in [0, 0.05) is 31.5 Å². The molecule has 1 amide bonds. The van der Waals surface area contributed by atoms with Gasteiger partial charge in [-0.25, -0.2) is 0 Å². The van der Waals surface area contributed by atoms with E-state index in [0.29, 0.717) is 12.5 Å². The van der Waals surface area contributed by atoms with E-state index in [1.54, 1.807) is 0 Å². The number of likely N-dealkylation sites (N-methyl/N-ethyl adjacent to an activating group) is 1. The summed E-state index contributed by atoms with van der Waals surface area (Å²) in [5.74, 6) is 0.245. The molecule has 1 aliphatic rings. The summed E-state index contributed by atoms with van der Waals surface area (Å²) in [5.41, 5.74) is 2.53. The minimum atomic E-state index is -0.0266. The molecule has 1 atom stereocenters. The molecule has 0 spiro atoms. The predicted octanol–water partition coefficient (Wildman–Crippen LogP) is 3.29. The van der Waals surface area contributed by atoms with Gasteiger partial charge < -0.3 is 10.2 Å². The number of rotatable bonds is 5. The van der Waals surface area contributed by atoms with Crippen LogP contribution >= 0.6 is 12.4 Å². The number of hydrogen-bond donors (Lipinski definition) is 1. The van der Waals surface area contributed by atoms with Gasteiger partial charge >= 0.3 is 0 Å². The van der Waals surface area contributed by atoms with Crippen molar-refractivity contribution in [3.63, 3.8) is 0 Å². The van der Waals surface area contributed by atoms with Crippen LogP contribution in [0.1, 0.15) is 44.2 Å². The van der Waals surface area contributed by atoms with Crippen LogP contribution in [0.25, 0.3) is 0 Å². The second kappa shape index (κ2) is 7.98. The van der Waals surface area contributed by atoms with Crippen molar-refractivity contribution in [2.24, 2.45) is 0 Å². The van der Waals surface area contributed by atoms with Crippen LogP contribution in [0.3, 0.4) is 0 Å². The van der Waals surface area contributed by atoms with Crippen molar-refractivity contribution in [3.05, 3.63) is 35.4 Å². The van der Waals surface area contributed by atoms with Crippen LogP contribution in [0.4, 0.5) is 0 Å².